The van der Waals surface area contributed by atoms with Crippen LogP contribution in [0.3, 0.4) is 0 Å². The van der Waals surface area contributed by atoms with Crippen LogP contribution in [0.1, 0.15) is 20.3 Å². The van der Waals surface area contributed by atoms with Crippen molar-refractivity contribution in [1.29, 1.82) is 0 Å². The highest BCUT2D eigenvalue weighted by Crippen LogP contribution is 2.19. The average Bonchev–Trinajstić information content (AvgIpc) is 2.50. The Morgan fingerprint density at radius 2 is 2.24 bits per heavy atom. The van der Waals surface area contributed by atoms with E-state index in [1.54, 1.807) is 18.9 Å². The highest BCUT2D eigenvalue weighted by atomic mass is 32.2. The van der Waals surface area contributed by atoms with Crippen molar-refractivity contribution in [3.63, 3.8) is 0 Å². The van der Waals surface area contributed by atoms with Gasteiger partial charge in [0.2, 0.25) is 0 Å². The summed E-state index contributed by atoms with van der Waals surface area (Å²) in [5, 5.41) is 3.26. The number of ether oxygens (including phenoxy) is 1. The summed E-state index contributed by atoms with van der Waals surface area (Å²) in [4.78, 5) is 4.73. The van der Waals surface area contributed by atoms with Gasteiger partial charge in [0.1, 0.15) is 11.1 Å². The molecule has 0 atom stereocenters. The molecule has 2 nitrogen and oxygen atoms in total. The highest BCUT2D eigenvalue weighted by Gasteiger charge is 2.06. The van der Waals surface area contributed by atoms with Gasteiger partial charge in [-0.05, 0) is 31.2 Å². The van der Waals surface area contributed by atoms with E-state index in [2.05, 4.69) is 26.0 Å². The van der Waals surface area contributed by atoms with Gasteiger partial charge in [-0.2, -0.15) is 0 Å². The Morgan fingerprint density at radius 3 is 2.94 bits per heavy atom. The highest BCUT2D eigenvalue weighted by molar-refractivity contribution is 8.03. The van der Waals surface area contributed by atoms with Crippen molar-refractivity contribution in [3.8, 4) is 5.75 Å². The van der Waals surface area contributed by atoms with E-state index in [0.717, 1.165) is 28.3 Å². The SMILES string of the molecule is CCSC1=CCC(C)=c2cccc(OC)c2=N1. The monoisotopic (exact) mass is 247 g/mol. The maximum Gasteiger partial charge on any atom is 0.145 e. The molecule has 3 heteroatoms. The molecule has 0 N–H and O–H groups in total. The van der Waals surface area contributed by atoms with Gasteiger partial charge in [-0.3, -0.25) is 0 Å². The fourth-order valence-electron chi connectivity index (χ4n) is 1.89. The predicted octanol–water partition coefficient (Wildman–Crippen LogP) is 2.48. The maximum absolute atomic E-state index is 5.40. The molecule has 17 heavy (non-hydrogen) atoms. The second kappa shape index (κ2) is 5.41. The van der Waals surface area contributed by atoms with Crippen LogP contribution in [0.5, 0.6) is 5.75 Å². The summed E-state index contributed by atoms with van der Waals surface area (Å²) in [5.74, 6) is 1.89. The normalized spacial score (nSPS) is 14.5. The summed E-state index contributed by atoms with van der Waals surface area (Å²) in [6.07, 6.45) is 3.16. The Hall–Kier alpha value is -1.22. The van der Waals surface area contributed by atoms with Gasteiger partial charge < -0.3 is 4.74 Å². The number of thioether (sulfide) groups is 1. The quantitative estimate of drug-likeness (QED) is 0.818. The van der Waals surface area contributed by atoms with Gasteiger partial charge in [0, 0.05) is 5.22 Å². The number of rotatable bonds is 3. The van der Waals surface area contributed by atoms with Crippen molar-refractivity contribution in [1.82, 2.24) is 0 Å². The number of fused-ring (bicyclic) bond motifs is 1. The summed E-state index contributed by atoms with van der Waals surface area (Å²) in [6.45, 7) is 4.30. The first-order chi connectivity index (χ1) is 8.26. The zero-order valence-electron chi connectivity index (χ0n) is 10.5. The predicted molar refractivity (Wildman–Crippen MR) is 73.7 cm³/mol. The first-order valence-electron chi connectivity index (χ1n) is 5.80. The zero-order chi connectivity index (χ0) is 12.3. The number of nitrogens with zero attached hydrogens (tertiary/aromatic N) is 1. The van der Waals surface area contributed by atoms with Gasteiger partial charge >= 0.3 is 0 Å². The summed E-state index contributed by atoms with van der Waals surface area (Å²) < 4.78 is 5.40. The summed E-state index contributed by atoms with van der Waals surface area (Å²) in [7, 11) is 1.70. The minimum atomic E-state index is 0.853. The van der Waals surface area contributed by atoms with Gasteiger partial charge in [0.15, 0.2) is 0 Å². The molecule has 1 aliphatic rings. The molecule has 1 heterocycles. The molecule has 2 rings (SSSR count). The zero-order valence-corrected chi connectivity index (χ0v) is 11.3. The van der Waals surface area contributed by atoms with Crippen molar-refractivity contribution >= 4 is 17.3 Å². The average molecular weight is 247 g/mol. The molecule has 0 aromatic heterocycles. The van der Waals surface area contributed by atoms with E-state index in [1.807, 2.05) is 12.1 Å². The second-order valence-electron chi connectivity index (χ2n) is 3.93. The molecule has 0 fully saturated rings. The van der Waals surface area contributed by atoms with Crippen molar-refractivity contribution in [2.75, 3.05) is 12.9 Å². The van der Waals surface area contributed by atoms with Crippen LogP contribution in [0.25, 0.3) is 5.57 Å². The Bertz CT molecular complexity index is 560. The lowest BCUT2D eigenvalue weighted by molar-refractivity contribution is 0.409. The molecule has 1 aromatic carbocycles. The topological polar surface area (TPSA) is 21.6 Å². The molecule has 0 saturated carbocycles. The van der Waals surface area contributed by atoms with Crippen LogP contribution in [0.2, 0.25) is 0 Å². The molecular formula is C14H17NOS. The molecule has 0 aliphatic carbocycles. The molecular weight excluding hydrogens is 230 g/mol. The molecule has 90 valence electrons. The third kappa shape index (κ3) is 2.55. The fourth-order valence-corrected chi connectivity index (χ4v) is 2.54. The maximum atomic E-state index is 5.40. The van der Waals surface area contributed by atoms with Crippen molar-refractivity contribution < 1.29 is 4.74 Å². The van der Waals surface area contributed by atoms with E-state index in [9.17, 15) is 0 Å². The van der Waals surface area contributed by atoms with Gasteiger partial charge in [-0.1, -0.05) is 24.6 Å². The first-order valence-corrected chi connectivity index (χ1v) is 6.79. The minimum absolute atomic E-state index is 0.853. The fraction of sp³-hybridized carbons (Fsp3) is 0.357. The molecule has 1 aliphatic heterocycles. The summed E-state index contributed by atoms with van der Waals surface area (Å²) in [6, 6.07) is 6.11. The molecule has 0 radical (unpaired) electrons. The standard InChI is InChI=1S/C14H17NOS/c1-4-17-13-9-8-10(2)11-6-5-7-12(16-3)14(11)15-13/h5-7,9H,4,8H2,1-3H3. The molecule has 1 aromatic rings. The van der Waals surface area contributed by atoms with E-state index in [4.69, 9.17) is 9.73 Å². The van der Waals surface area contributed by atoms with Crippen LogP contribution in [0.15, 0.2) is 34.3 Å². The Labute approximate surface area is 106 Å². The molecule has 0 bridgehead atoms. The molecule has 0 saturated heterocycles. The Morgan fingerprint density at radius 1 is 1.41 bits per heavy atom. The number of hydrogen-bond donors (Lipinski definition) is 0. The molecule has 0 spiro atoms. The largest absolute Gasteiger partial charge is 0.494 e. The van der Waals surface area contributed by atoms with E-state index >= 15 is 0 Å². The van der Waals surface area contributed by atoms with E-state index in [-0.39, 0.29) is 0 Å². The van der Waals surface area contributed by atoms with Crippen molar-refractivity contribution in [3.05, 3.63) is 39.9 Å². The van der Waals surface area contributed by atoms with E-state index < -0.39 is 0 Å². The number of para-hydroxylation sites is 1. The van der Waals surface area contributed by atoms with Crippen LogP contribution in [-0.2, 0) is 0 Å². The lowest BCUT2D eigenvalue weighted by Gasteiger charge is -2.02. The molecule has 0 unspecified atom stereocenters. The number of hydrogen-bond acceptors (Lipinski definition) is 3. The summed E-state index contributed by atoms with van der Waals surface area (Å²) in [5.41, 5.74) is 1.34. The van der Waals surface area contributed by atoms with Crippen LogP contribution in [0.4, 0.5) is 0 Å². The van der Waals surface area contributed by atoms with Gasteiger partial charge in [0.25, 0.3) is 0 Å². The number of benzene rings is 1. The lowest BCUT2D eigenvalue weighted by Crippen LogP contribution is -2.27. The van der Waals surface area contributed by atoms with E-state index in [1.165, 1.54) is 10.8 Å². The number of methoxy groups -OCH3 is 1. The van der Waals surface area contributed by atoms with Gasteiger partial charge in [-0.15, -0.1) is 11.8 Å². The van der Waals surface area contributed by atoms with Crippen LogP contribution >= 0.6 is 11.8 Å². The van der Waals surface area contributed by atoms with Crippen LogP contribution in [0, 0.1) is 0 Å². The van der Waals surface area contributed by atoms with Gasteiger partial charge in [0.05, 0.1) is 12.1 Å². The smallest absolute Gasteiger partial charge is 0.145 e. The Kier molecular flexibility index (Phi) is 3.89. The van der Waals surface area contributed by atoms with E-state index in [0.29, 0.717) is 0 Å². The van der Waals surface area contributed by atoms with Crippen molar-refractivity contribution in [2.45, 2.75) is 20.3 Å². The van der Waals surface area contributed by atoms with Crippen molar-refractivity contribution in [2.24, 2.45) is 4.99 Å². The number of allylic oxidation sites excluding steroid dienone is 1. The first kappa shape index (κ1) is 12.2. The Balaban J connectivity index is 2.68. The minimum Gasteiger partial charge on any atom is -0.494 e. The third-order valence-corrected chi connectivity index (χ3v) is 3.62. The lowest BCUT2D eigenvalue weighted by atomic mass is 10.1. The van der Waals surface area contributed by atoms with Gasteiger partial charge in [-0.25, -0.2) is 4.99 Å². The molecule has 0 amide bonds. The third-order valence-electron chi connectivity index (χ3n) is 2.78. The van der Waals surface area contributed by atoms with Crippen LogP contribution < -0.4 is 15.3 Å². The summed E-state index contributed by atoms with van der Waals surface area (Å²) >= 11 is 1.78. The van der Waals surface area contributed by atoms with Crippen LogP contribution in [-0.4, -0.2) is 12.9 Å². The second-order valence-corrected chi connectivity index (χ2v) is 5.21.